The number of primary amides is 1. The first-order valence-electron chi connectivity index (χ1n) is 8.37. The Bertz CT molecular complexity index is 565. The van der Waals surface area contributed by atoms with Crippen molar-refractivity contribution in [1.29, 1.82) is 0 Å². The Labute approximate surface area is 138 Å². The van der Waals surface area contributed by atoms with Gasteiger partial charge in [0.05, 0.1) is 6.54 Å². The standard InChI is InChI=1S/C17H28N4O2/c1-4-19-17(20-10-15-8-12(2)23-13(15)3)21-7-5-6-14(11-21)9-16(18)22/h8,14H,4-7,9-11H2,1-3H3,(H2,18,22)(H,19,20). The molecule has 0 spiro atoms. The van der Waals surface area contributed by atoms with E-state index in [2.05, 4.69) is 17.1 Å². The van der Waals surface area contributed by atoms with Gasteiger partial charge in [-0.15, -0.1) is 0 Å². The number of carbonyl (C=O) groups is 1. The molecular formula is C17H28N4O2. The van der Waals surface area contributed by atoms with Gasteiger partial charge < -0.3 is 20.4 Å². The summed E-state index contributed by atoms with van der Waals surface area (Å²) >= 11 is 0. The highest BCUT2D eigenvalue weighted by Crippen LogP contribution is 2.20. The average Bonchev–Trinajstić information content (AvgIpc) is 2.81. The number of nitrogens with one attached hydrogen (secondary N) is 1. The van der Waals surface area contributed by atoms with Gasteiger partial charge in [0.15, 0.2) is 5.96 Å². The van der Waals surface area contributed by atoms with E-state index in [-0.39, 0.29) is 5.91 Å². The van der Waals surface area contributed by atoms with E-state index in [4.69, 9.17) is 15.1 Å². The smallest absolute Gasteiger partial charge is 0.217 e. The molecule has 0 bridgehead atoms. The van der Waals surface area contributed by atoms with E-state index in [9.17, 15) is 4.79 Å². The summed E-state index contributed by atoms with van der Waals surface area (Å²) in [5.41, 5.74) is 6.46. The van der Waals surface area contributed by atoms with Crippen molar-refractivity contribution in [3.8, 4) is 0 Å². The molecule has 1 aromatic rings. The molecule has 2 heterocycles. The zero-order valence-electron chi connectivity index (χ0n) is 14.4. The van der Waals surface area contributed by atoms with Gasteiger partial charge in [-0.3, -0.25) is 4.79 Å². The molecule has 0 radical (unpaired) electrons. The molecular weight excluding hydrogens is 292 g/mol. The molecule has 1 aliphatic rings. The molecule has 1 fully saturated rings. The van der Waals surface area contributed by atoms with Crippen LogP contribution >= 0.6 is 0 Å². The highest BCUT2D eigenvalue weighted by atomic mass is 16.3. The third-order valence-corrected chi connectivity index (χ3v) is 4.19. The highest BCUT2D eigenvalue weighted by Gasteiger charge is 2.23. The van der Waals surface area contributed by atoms with Crippen LogP contribution in [-0.2, 0) is 11.3 Å². The van der Waals surface area contributed by atoms with Crippen molar-refractivity contribution in [2.45, 2.75) is 46.6 Å². The van der Waals surface area contributed by atoms with E-state index in [0.717, 1.165) is 55.5 Å². The minimum Gasteiger partial charge on any atom is -0.466 e. The number of piperidine rings is 1. The summed E-state index contributed by atoms with van der Waals surface area (Å²) in [5, 5.41) is 3.35. The molecule has 1 amide bonds. The number of nitrogens with two attached hydrogens (primary N) is 1. The van der Waals surface area contributed by atoms with Crippen molar-refractivity contribution in [3.63, 3.8) is 0 Å². The van der Waals surface area contributed by atoms with Crippen LogP contribution in [0, 0.1) is 19.8 Å². The molecule has 1 saturated heterocycles. The van der Waals surface area contributed by atoms with Crippen LogP contribution in [0.2, 0.25) is 0 Å². The van der Waals surface area contributed by atoms with Crippen LogP contribution in [0.15, 0.2) is 15.5 Å². The zero-order chi connectivity index (χ0) is 16.8. The number of aliphatic imine (C=N–C) groups is 1. The van der Waals surface area contributed by atoms with Crippen LogP contribution < -0.4 is 11.1 Å². The summed E-state index contributed by atoms with van der Waals surface area (Å²) in [6, 6.07) is 2.04. The Morgan fingerprint density at radius 3 is 2.91 bits per heavy atom. The molecule has 1 aliphatic heterocycles. The van der Waals surface area contributed by atoms with Crippen LogP contribution in [0.4, 0.5) is 0 Å². The van der Waals surface area contributed by atoms with Crippen molar-refractivity contribution in [2.75, 3.05) is 19.6 Å². The number of aryl methyl sites for hydroxylation is 2. The molecule has 0 aliphatic carbocycles. The summed E-state index contributed by atoms with van der Waals surface area (Å²) in [6.45, 7) is 9.19. The Balaban J connectivity index is 2.05. The lowest BCUT2D eigenvalue weighted by molar-refractivity contribution is -0.119. The first-order chi connectivity index (χ1) is 11.0. The van der Waals surface area contributed by atoms with Crippen LogP contribution in [0.5, 0.6) is 0 Å². The quantitative estimate of drug-likeness (QED) is 0.641. The number of guanidine groups is 1. The maximum absolute atomic E-state index is 11.2. The Kier molecular flexibility index (Phi) is 6.07. The number of furan rings is 1. The third-order valence-electron chi connectivity index (χ3n) is 4.19. The predicted octanol–water partition coefficient (Wildman–Crippen LogP) is 1.95. The van der Waals surface area contributed by atoms with Gasteiger partial charge in [0.2, 0.25) is 5.91 Å². The van der Waals surface area contributed by atoms with Crippen molar-refractivity contribution in [3.05, 3.63) is 23.2 Å². The van der Waals surface area contributed by atoms with Gasteiger partial charge in [-0.1, -0.05) is 0 Å². The van der Waals surface area contributed by atoms with E-state index in [1.165, 1.54) is 0 Å². The van der Waals surface area contributed by atoms with E-state index in [1.807, 2.05) is 19.9 Å². The fourth-order valence-corrected chi connectivity index (χ4v) is 3.13. The molecule has 6 nitrogen and oxygen atoms in total. The van der Waals surface area contributed by atoms with Crippen molar-refractivity contribution < 1.29 is 9.21 Å². The predicted molar refractivity (Wildman–Crippen MR) is 91.1 cm³/mol. The van der Waals surface area contributed by atoms with Crippen LogP contribution in [0.1, 0.15) is 43.3 Å². The number of carbonyl (C=O) groups excluding carboxylic acids is 1. The second kappa shape index (κ2) is 8.04. The Morgan fingerprint density at radius 2 is 2.30 bits per heavy atom. The zero-order valence-corrected chi connectivity index (χ0v) is 14.4. The molecule has 3 N–H and O–H groups in total. The first-order valence-corrected chi connectivity index (χ1v) is 8.37. The van der Waals surface area contributed by atoms with Crippen molar-refractivity contribution in [2.24, 2.45) is 16.6 Å². The average molecular weight is 320 g/mol. The van der Waals surface area contributed by atoms with Gasteiger partial charge in [0.1, 0.15) is 11.5 Å². The second-order valence-electron chi connectivity index (χ2n) is 6.23. The topological polar surface area (TPSA) is 83.9 Å². The number of rotatable bonds is 5. The van der Waals surface area contributed by atoms with Crippen molar-refractivity contribution >= 4 is 11.9 Å². The minimum atomic E-state index is -0.219. The van der Waals surface area contributed by atoms with E-state index >= 15 is 0 Å². The van der Waals surface area contributed by atoms with E-state index < -0.39 is 0 Å². The molecule has 0 aromatic carbocycles. The Morgan fingerprint density at radius 1 is 1.52 bits per heavy atom. The maximum atomic E-state index is 11.2. The molecule has 0 saturated carbocycles. The molecule has 1 aromatic heterocycles. The third kappa shape index (κ3) is 5.01. The lowest BCUT2D eigenvalue weighted by Crippen LogP contribution is -2.47. The molecule has 1 atom stereocenters. The normalized spacial score (nSPS) is 19.0. The number of amides is 1. The second-order valence-corrected chi connectivity index (χ2v) is 6.23. The fourth-order valence-electron chi connectivity index (χ4n) is 3.13. The Hall–Kier alpha value is -1.98. The van der Waals surface area contributed by atoms with E-state index in [1.54, 1.807) is 0 Å². The SMILES string of the molecule is CCNC(=NCc1cc(C)oc1C)N1CCCC(CC(N)=O)C1. The molecule has 23 heavy (non-hydrogen) atoms. The maximum Gasteiger partial charge on any atom is 0.217 e. The van der Waals surface area contributed by atoms with Gasteiger partial charge in [-0.05, 0) is 45.6 Å². The van der Waals surface area contributed by atoms with Gasteiger partial charge in [-0.25, -0.2) is 4.99 Å². The summed E-state index contributed by atoms with van der Waals surface area (Å²) < 4.78 is 5.56. The lowest BCUT2D eigenvalue weighted by Gasteiger charge is -2.34. The highest BCUT2D eigenvalue weighted by molar-refractivity contribution is 5.80. The van der Waals surface area contributed by atoms with Crippen LogP contribution in [0.3, 0.4) is 0 Å². The van der Waals surface area contributed by atoms with Crippen LogP contribution in [-0.4, -0.2) is 36.4 Å². The first kappa shape index (κ1) is 17.4. The lowest BCUT2D eigenvalue weighted by atomic mass is 9.95. The van der Waals surface area contributed by atoms with E-state index in [0.29, 0.717) is 18.9 Å². The molecule has 6 heteroatoms. The summed E-state index contributed by atoms with van der Waals surface area (Å²) in [6.07, 6.45) is 2.57. The largest absolute Gasteiger partial charge is 0.466 e. The molecule has 2 rings (SSSR count). The molecule has 128 valence electrons. The monoisotopic (exact) mass is 320 g/mol. The van der Waals surface area contributed by atoms with Crippen molar-refractivity contribution in [1.82, 2.24) is 10.2 Å². The van der Waals surface area contributed by atoms with Gasteiger partial charge >= 0.3 is 0 Å². The number of hydrogen-bond donors (Lipinski definition) is 2. The summed E-state index contributed by atoms with van der Waals surface area (Å²) in [7, 11) is 0. The van der Waals surface area contributed by atoms with Crippen LogP contribution in [0.25, 0.3) is 0 Å². The fraction of sp³-hybridized carbons (Fsp3) is 0.647. The number of nitrogens with zero attached hydrogens (tertiary/aromatic N) is 2. The van der Waals surface area contributed by atoms with Gasteiger partial charge in [0, 0.05) is 31.6 Å². The number of likely N-dealkylation sites (tertiary alicyclic amines) is 1. The number of hydrogen-bond acceptors (Lipinski definition) is 3. The summed E-state index contributed by atoms with van der Waals surface area (Å²) in [5.74, 6) is 2.84. The van der Waals surface area contributed by atoms with Gasteiger partial charge in [-0.2, -0.15) is 0 Å². The minimum absolute atomic E-state index is 0.219. The summed E-state index contributed by atoms with van der Waals surface area (Å²) in [4.78, 5) is 18.2. The van der Waals surface area contributed by atoms with Gasteiger partial charge in [0.25, 0.3) is 0 Å². The molecule has 1 unspecified atom stereocenters.